The van der Waals surface area contributed by atoms with Gasteiger partial charge < -0.3 is 5.32 Å². The second-order valence-electron chi connectivity index (χ2n) is 7.40. The molecule has 4 rings (SSSR count). The Bertz CT molecular complexity index is 926. The van der Waals surface area contributed by atoms with E-state index < -0.39 is 6.04 Å². The summed E-state index contributed by atoms with van der Waals surface area (Å²) in [5, 5.41) is 2.95. The molecule has 6 nitrogen and oxygen atoms in total. The van der Waals surface area contributed by atoms with Crippen molar-refractivity contribution >= 4 is 45.0 Å². The zero-order valence-corrected chi connectivity index (χ0v) is 17.5. The summed E-state index contributed by atoms with van der Waals surface area (Å²) in [5.41, 5.74) is 1.38. The van der Waals surface area contributed by atoms with Crippen molar-refractivity contribution in [1.82, 2.24) is 4.90 Å². The fourth-order valence-corrected chi connectivity index (χ4v) is 4.49. The molecule has 0 aromatic heterocycles. The molecule has 0 saturated carbocycles. The molecular formula is C22H22BrN3O3. The number of halogens is 1. The molecule has 0 bridgehead atoms. The molecule has 2 aliphatic rings. The molecule has 2 heterocycles. The Kier molecular flexibility index (Phi) is 5.78. The van der Waals surface area contributed by atoms with Crippen LogP contribution in [-0.4, -0.2) is 41.8 Å². The smallest absolute Gasteiger partial charge is 0.251 e. The standard InChI is InChI=1S/C22H22BrN3O3/c23-17-8-4-5-9-18(17)26-20(27)14-19(22(26)29)25-12-10-15(11-13-25)21(28)24-16-6-2-1-3-7-16/h1-9,15,19H,10-14H2,(H,24,28)/t19-/m0/s1. The van der Waals surface area contributed by atoms with Crippen LogP contribution in [0.5, 0.6) is 0 Å². The third kappa shape index (κ3) is 4.11. The molecule has 0 unspecified atom stereocenters. The minimum absolute atomic E-state index is 0.0134. The number of para-hydroxylation sites is 2. The zero-order valence-electron chi connectivity index (χ0n) is 15.9. The summed E-state index contributed by atoms with van der Waals surface area (Å²) in [6.45, 7) is 1.25. The van der Waals surface area contributed by atoms with E-state index >= 15 is 0 Å². The van der Waals surface area contributed by atoms with Crippen molar-refractivity contribution in [2.24, 2.45) is 5.92 Å². The number of imide groups is 1. The second kappa shape index (κ2) is 8.47. The van der Waals surface area contributed by atoms with Crippen LogP contribution in [0.1, 0.15) is 19.3 Å². The Morgan fingerprint density at radius 1 is 0.966 bits per heavy atom. The number of rotatable bonds is 4. The van der Waals surface area contributed by atoms with Crippen LogP contribution in [0, 0.1) is 5.92 Å². The number of likely N-dealkylation sites (tertiary alicyclic amines) is 1. The SMILES string of the molecule is O=C(Nc1ccccc1)C1CCN([C@H]2CC(=O)N(c3ccccc3Br)C2=O)CC1. The molecule has 2 aromatic rings. The largest absolute Gasteiger partial charge is 0.326 e. The zero-order chi connectivity index (χ0) is 20.4. The molecule has 0 aliphatic carbocycles. The van der Waals surface area contributed by atoms with E-state index in [1.54, 1.807) is 6.07 Å². The van der Waals surface area contributed by atoms with Gasteiger partial charge in [-0.2, -0.15) is 0 Å². The van der Waals surface area contributed by atoms with Gasteiger partial charge in [-0.05, 0) is 66.1 Å². The number of carbonyl (C=O) groups excluding carboxylic acids is 3. The number of hydrogen-bond donors (Lipinski definition) is 1. The monoisotopic (exact) mass is 455 g/mol. The summed E-state index contributed by atoms with van der Waals surface area (Å²) in [6, 6.07) is 16.2. The van der Waals surface area contributed by atoms with Crippen LogP contribution in [0.4, 0.5) is 11.4 Å². The van der Waals surface area contributed by atoms with Gasteiger partial charge in [-0.25, -0.2) is 4.90 Å². The van der Waals surface area contributed by atoms with Crippen molar-refractivity contribution in [2.45, 2.75) is 25.3 Å². The van der Waals surface area contributed by atoms with Gasteiger partial charge in [0.15, 0.2) is 0 Å². The Labute approximate surface area is 178 Å². The van der Waals surface area contributed by atoms with Gasteiger partial charge >= 0.3 is 0 Å². The minimum atomic E-state index is -0.451. The van der Waals surface area contributed by atoms with E-state index in [1.165, 1.54) is 4.90 Å². The lowest BCUT2D eigenvalue weighted by atomic mass is 9.94. The third-order valence-electron chi connectivity index (χ3n) is 5.60. The number of nitrogens with zero attached hydrogens (tertiary/aromatic N) is 2. The van der Waals surface area contributed by atoms with Gasteiger partial charge in [0.1, 0.15) is 0 Å². The summed E-state index contributed by atoms with van der Waals surface area (Å²) in [4.78, 5) is 41.4. The van der Waals surface area contributed by atoms with E-state index in [4.69, 9.17) is 0 Å². The number of nitrogens with one attached hydrogen (secondary N) is 1. The molecule has 2 fully saturated rings. The van der Waals surface area contributed by atoms with E-state index in [2.05, 4.69) is 21.2 Å². The van der Waals surface area contributed by atoms with E-state index in [0.717, 1.165) is 10.2 Å². The number of piperidine rings is 1. The second-order valence-corrected chi connectivity index (χ2v) is 8.26. The van der Waals surface area contributed by atoms with Crippen LogP contribution in [0.2, 0.25) is 0 Å². The van der Waals surface area contributed by atoms with Crippen molar-refractivity contribution in [2.75, 3.05) is 23.3 Å². The summed E-state index contributed by atoms with van der Waals surface area (Å²) < 4.78 is 0.721. The van der Waals surface area contributed by atoms with Gasteiger partial charge in [-0.1, -0.05) is 30.3 Å². The van der Waals surface area contributed by atoms with E-state index in [1.807, 2.05) is 53.4 Å². The maximum absolute atomic E-state index is 13.0. The highest BCUT2D eigenvalue weighted by molar-refractivity contribution is 9.10. The van der Waals surface area contributed by atoms with Crippen molar-refractivity contribution in [3.05, 3.63) is 59.1 Å². The van der Waals surface area contributed by atoms with Crippen LogP contribution in [0.15, 0.2) is 59.1 Å². The van der Waals surface area contributed by atoms with Crippen LogP contribution in [0.25, 0.3) is 0 Å². The lowest BCUT2D eigenvalue weighted by molar-refractivity contribution is -0.123. The van der Waals surface area contributed by atoms with Crippen LogP contribution >= 0.6 is 15.9 Å². The number of benzene rings is 2. The van der Waals surface area contributed by atoms with Crippen LogP contribution < -0.4 is 10.2 Å². The quantitative estimate of drug-likeness (QED) is 0.716. The Hall–Kier alpha value is -2.51. The minimum Gasteiger partial charge on any atom is -0.326 e. The summed E-state index contributed by atoms with van der Waals surface area (Å²) in [6.07, 6.45) is 1.53. The highest BCUT2D eigenvalue weighted by atomic mass is 79.9. The van der Waals surface area contributed by atoms with Crippen LogP contribution in [-0.2, 0) is 14.4 Å². The topological polar surface area (TPSA) is 69.7 Å². The molecule has 150 valence electrons. The number of amides is 3. The van der Waals surface area contributed by atoms with Crippen LogP contribution in [0.3, 0.4) is 0 Å². The summed E-state index contributed by atoms with van der Waals surface area (Å²) in [7, 11) is 0. The number of hydrogen-bond acceptors (Lipinski definition) is 4. The molecule has 29 heavy (non-hydrogen) atoms. The van der Waals surface area contributed by atoms with E-state index in [-0.39, 0.29) is 30.1 Å². The van der Waals surface area contributed by atoms with Gasteiger partial charge in [-0.15, -0.1) is 0 Å². The number of anilines is 2. The van der Waals surface area contributed by atoms with Crippen molar-refractivity contribution in [1.29, 1.82) is 0 Å². The fourth-order valence-electron chi connectivity index (χ4n) is 4.03. The molecule has 0 spiro atoms. The van der Waals surface area contributed by atoms with Gasteiger partial charge in [0.2, 0.25) is 11.8 Å². The fraction of sp³-hybridized carbons (Fsp3) is 0.318. The highest BCUT2D eigenvalue weighted by Gasteiger charge is 2.44. The van der Waals surface area contributed by atoms with Crippen molar-refractivity contribution < 1.29 is 14.4 Å². The first-order chi connectivity index (χ1) is 14.0. The molecule has 2 aromatic carbocycles. The van der Waals surface area contributed by atoms with Gasteiger partial charge in [0.05, 0.1) is 18.2 Å². The average molecular weight is 456 g/mol. The van der Waals surface area contributed by atoms with Gasteiger partial charge in [0.25, 0.3) is 5.91 Å². The first-order valence-electron chi connectivity index (χ1n) is 9.76. The predicted octanol–water partition coefficient (Wildman–Crippen LogP) is 3.43. The van der Waals surface area contributed by atoms with Crippen molar-refractivity contribution in [3.63, 3.8) is 0 Å². The summed E-state index contributed by atoms with van der Waals surface area (Å²) in [5.74, 6) is -0.442. The van der Waals surface area contributed by atoms with E-state index in [9.17, 15) is 14.4 Å². The molecule has 2 saturated heterocycles. The molecular weight excluding hydrogens is 434 g/mol. The van der Waals surface area contributed by atoms with E-state index in [0.29, 0.717) is 31.6 Å². The van der Waals surface area contributed by atoms with Gasteiger partial charge in [-0.3, -0.25) is 19.3 Å². The molecule has 7 heteroatoms. The third-order valence-corrected chi connectivity index (χ3v) is 6.27. The first kappa shape index (κ1) is 19.8. The number of carbonyl (C=O) groups is 3. The highest BCUT2D eigenvalue weighted by Crippen LogP contribution is 2.33. The molecule has 2 aliphatic heterocycles. The molecule has 3 amide bonds. The summed E-state index contributed by atoms with van der Waals surface area (Å²) >= 11 is 3.42. The Morgan fingerprint density at radius 2 is 1.62 bits per heavy atom. The molecule has 0 radical (unpaired) electrons. The average Bonchev–Trinajstić information content (AvgIpc) is 3.03. The lowest BCUT2D eigenvalue weighted by Gasteiger charge is -2.34. The maximum atomic E-state index is 13.0. The predicted molar refractivity (Wildman–Crippen MR) is 114 cm³/mol. The Morgan fingerprint density at radius 3 is 2.31 bits per heavy atom. The molecule has 1 N–H and O–H groups in total. The maximum Gasteiger partial charge on any atom is 0.251 e. The molecule has 1 atom stereocenters. The normalized spacial score (nSPS) is 20.9. The van der Waals surface area contributed by atoms with Crippen molar-refractivity contribution in [3.8, 4) is 0 Å². The Balaban J connectivity index is 1.38. The lowest BCUT2D eigenvalue weighted by Crippen LogP contribution is -2.47. The van der Waals surface area contributed by atoms with Gasteiger partial charge in [0, 0.05) is 16.1 Å². The first-order valence-corrected chi connectivity index (χ1v) is 10.5.